The van der Waals surface area contributed by atoms with Gasteiger partial charge in [0, 0.05) is 30.9 Å². The number of aryl methyl sites for hydroxylation is 1. The number of nitrogens with zero attached hydrogens (tertiary/aromatic N) is 6. The molecule has 1 aliphatic carbocycles. The van der Waals surface area contributed by atoms with Gasteiger partial charge in [0.15, 0.2) is 5.43 Å². The van der Waals surface area contributed by atoms with Gasteiger partial charge in [-0.05, 0) is 51.1 Å². The van der Waals surface area contributed by atoms with Gasteiger partial charge in [0.25, 0.3) is 0 Å². The number of benzene rings is 1. The molecular formula is C25H29N7O. The van der Waals surface area contributed by atoms with E-state index in [1.807, 2.05) is 48.2 Å². The second-order valence-corrected chi connectivity index (χ2v) is 9.03. The molecule has 3 aromatic heterocycles. The summed E-state index contributed by atoms with van der Waals surface area (Å²) in [4.78, 5) is 20.1. The Hall–Kier alpha value is -3.52. The zero-order chi connectivity index (χ0) is 22.9. The van der Waals surface area contributed by atoms with Crippen molar-refractivity contribution in [3.05, 3.63) is 81.5 Å². The van der Waals surface area contributed by atoms with E-state index in [2.05, 4.69) is 51.8 Å². The van der Waals surface area contributed by atoms with Crippen molar-refractivity contribution in [1.82, 2.24) is 29.4 Å². The third-order valence-electron chi connectivity index (χ3n) is 6.15. The number of rotatable bonds is 7. The van der Waals surface area contributed by atoms with Crippen LogP contribution >= 0.6 is 0 Å². The molecule has 8 nitrogen and oxygen atoms in total. The minimum absolute atomic E-state index is 0.00906. The largest absolute Gasteiger partial charge is 0.380 e. The number of fused-ring (bicyclic) bond motifs is 2. The molecule has 33 heavy (non-hydrogen) atoms. The monoisotopic (exact) mass is 443 g/mol. The summed E-state index contributed by atoms with van der Waals surface area (Å²) in [6.07, 6.45) is 7.59. The highest BCUT2D eigenvalue weighted by atomic mass is 16.1. The molecule has 5 rings (SSSR count). The van der Waals surface area contributed by atoms with Crippen LogP contribution in [0.3, 0.4) is 0 Å². The van der Waals surface area contributed by atoms with Gasteiger partial charge in [0.2, 0.25) is 0 Å². The predicted molar refractivity (Wildman–Crippen MR) is 129 cm³/mol. The number of hydrogen-bond donors (Lipinski definition) is 1. The fourth-order valence-electron chi connectivity index (χ4n) is 4.65. The summed E-state index contributed by atoms with van der Waals surface area (Å²) in [7, 11) is 3.98. The SMILES string of the molecule is CCn1cc(Cn2cc(CN(C)C)nn2)c(=O)c2cc(NC3Cc4ccccc4C3)cnc21. The molecule has 0 radical (unpaired) electrons. The van der Waals surface area contributed by atoms with Gasteiger partial charge in [-0.3, -0.25) is 4.79 Å². The fraction of sp³-hybridized carbons (Fsp3) is 0.360. The second-order valence-electron chi connectivity index (χ2n) is 9.03. The Morgan fingerprint density at radius 1 is 1.15 bits per heavy atom. The van der Waals surface area contributed by atoms with Gasteiger partial charge in [0.05, 0.1) is 35.7 Å². The first-order valence-electron chi connectivity index (χ1n) is 11.4. The summed E-state index contributed by atoms with van der Waals surface area (Å²) in [5.41, 5.74) is 5.91. The van der Waals surface area contributed by atoms with Crippen molar-refractivity contribution in [2.75, 3.05) is 19.4 Å². The highest BCUT2D eigenvalue weighted by Crippen LogP contribution is 2.25. The van der Waals surface area contributed by atoms with Gasteiger partial charge in [-0.1, -0.05) is 29.5 Å². The lowest BCUT2D eigenvalue weighted by Gasteiger charge is -2.15. The molecule has 0 amide bonds. The molecule has 0 fully saturated rings. The summed E-state index contributed by atoms with van der Waals surface area (Å²) in [6.45, 7) is 3.87. The maximum Gasteiger partial charge on any atom is 0.196 e. The second kappa shape index (κ2) is 8.78. The van der Waals surface area contributed by atoms with E-state index in [4.69, 9.17) is 0 Å². The Labute approximate surface area is 192 Å². The van der Waals surface area contributed by atoms with Gasteiger partial charge in [-0.2, -0.15) is 0 Å². The van der Waals surface area contributed by atoms with E-state index < -0.39 is 0 Å². The van der Waals surface area contributed by atoms with Crippen LogP contribution in [0.5, 0.6) is 0 Å². The number of pyridine rings is 2. The molecule has 1 aromatic carbocycles. The van der Waals surface area contributed by atoms with Crippen molar-refractivity contribution < 1.29 is 0 Å². The van der Waals surface area contributed by atoms with Crippen LogP contribution in [0.25, 0.3) is 11.0 Å². The number of hydrogen-bond acceptors (Lipinski definition) is 6. The zero-order valence-corrected chi connectivity index (χ0v) is 19.3. The van der Waals surface area contributed by atoms with Gasteiger partial charge in [-0.25, -0.2) is 9.67 Å². The van der Waals surface area contributed by atoms with Crippen molar-refractivity contribution in [1.29, 1.82) is 0 Å². The fourth-order valence-corrected chi connectivity index (χ4v) is 4.65. The lowest BCUT2D eigenvalue weighted by Crippen LogP contribution is -2.21. The van der Waals surface area contributed by atoms with Gasteiger partial charge in [0.1, 0.15) is 5.65 Å². The Kier molecular flexibility index (Phi) is 5.68. The molecule has 0 aliphatic heterocycles. The van der Waals surface area contributed by atoms with E-state index in [0.29, 0.717) is 35.7 Å². The minimum atomic E-state index is -0.00906. The quantitative estimate of drug-likeness (QED) is 0.473. The van der Waals surface area contributed by atoms with E-state index >= 15 is 0 Å². The number of nitrogens with one attached hydrogen (secondary N) is 1. The first-order valence-corrected chi connectivity index (χ1v) is 11.4. The third kappa shape index (κ3) is 4.39. The van der Waals surface area contributed by atoms with Crippen molar-refractivity contribution in [3.8, 4) is 0 Å². The van der Waals surface area contributed by atoms with Crippen molar-refractivity contribution in [2.24, 2.45) is 0 Å². The van der Waals surface area contributed by atoms with Crippen LogP contribution < -0.4 is 10.7 Å². The van der Waals surface area contributed by atoms with Crippen LogP contribution in [0, 0.1) is 0 Å². The minimum Gasteiger partial charge on any atom is -0.380 e. The standard InChI is InChI=1S/C25H29N7O/c1-4-31-13-19(14-32-16-22(28-29-32)15-30(2)3)24(33)23-11-21(12-26-25(23)31)27-20-9-17-7-5-6-8-18(17)10-20/h5-8,11-13,16,20,27H,4,9-10,14-15H2,1-3H3. The molecule has 8 heteroatoms. The molecule has 3 heterocycles. The summed E-state index contributed by atoms with van der Waals surface area (Å²) in [5.74, 6) is 0. The maximum absolute atomic E-state index is 13.4. The summed E-state index contributed by atoms with van der Waals surface area (Å²) < 4.78 is 3.76. The van der Waals surface area contributed by atoms with Gasteiger partial charge >= 0.3 is 0 Å². The average molecular weight is 444 g/mol. The van der Waals surface area contributed by atoms with E-state index in [9.17, 15) is 4.79 Å². The van der Waals surface area contributed by atoms with Crippen LogP contribution in [-0.4, -0.2) is 49.6 Å². The summed E-state index contributed by atoms with van der Waals surface area (Å²) >= 11 is 0. The van der Waals surface area contributed by atoms with Gasteiger partial charge < -0.3 is 14.8 Å². The molecule has 170 valence electrons. The first kappa shape index (κ1) is 21.3. The Morgan fingerprint density at radius 2 is 1.91 bits per heavy atom. The van der Waals surface area contributed by atoms with Crippen LogP contribution in [-0.2, 0) is 32.5 Å². The topological polar surface area (TPSA) is 80.9 Å². The molecule has 0 unspecified atom stereocenters. The van der Waals surface area contributed by atoms with Crippen LogP contribution in [0.1, 0.15) is 29.3 Å². The molecule has 0 saturated carbocycles. The molecule has 0 saturated heterocycles. The first-order chi connectivity index (χ1) is 16.0. The molecular weight excluding hydrogens is 414 g/mol. The molecule has 0 atom stereocenters. The lowest BCUT2D eigenvalue weighted by atomic mass is 10.1. The van der Waals surface area contributed by atoms with Crippen molar-refractivity contribution in [2.45, 2.75) is 45.4 Å². The zero-order valence-electron chi connectivity index (χ0n) is 19.3. The van der Waals surface area contributed by atoms with E-state index in [0.717, 1.165) is 30.8 Å². The maximum atomic E-state index is 13.4. The van der Waals surface area contributed by atoms with Gasteiger partial charge in [-0.15, -0.1) is 5.10 Å². The highest BCUT2D eigenvalue weighted by Gasteiger charge is 2.21. The molecule has 1 N–H and O–H groups in total. The normalized spacial score (nSPS) is 13.7. The van der Waals surface area contributed by atoms with Crippen molar-refractivity contribution >= 4 is 16.7 Å². The molecule has 0 spiro atoms. The molecule has 4 aromatic rings. The molecule has 1 aliphatic rings. The van der Waals surface area contributed by atoms with Crippen molar-refractivity contribution in [3.63, 3.8) is 0 Å². The summed E-state index contributed by atoms with van der Waals surface area (Å²) in [5, 5.41) is 12.6. The average Bonchev–Trinajstić information content (AvgIpc) is 3.41. The predicted octanol–water partition coefficient (Wildman–Crippen LogP) is 2.70. The lowest BCUT2D eigenvalue weighted by molar-refractivity contribution is 0.396. The number of aromatic nitrogens is 5. The van der Waals surface area contributed by atoms with Crippen LogP contribution in [0.2, 0.25) is 0 Å². The Bertz CT molecular complexity index is 1330. The van der Waals surface area contributed by atoms with E-state index in [-0.39, 0.29) is 5.43 Å². The Morgan fingerprint density at radius 3 is 2.61 bits per heavy atom. The highest BCUT2D eigenvalue weighted by molar-refractivity contribution is 5.79. The van der Waals surface area contributed by atoms with E-state index in [1.54, 1.807) is 4.68 Å². The van der Waals surface area contributed by atoms with Crippen LogP contribution in [0.4, 0.5) is 5.69 Å². The number of anilines is 1. The van der Waals surface area contributed by atoms with Crippen LogP contribution in [0.15, 0.2) is 53.7 Å². The summed E-state index contributed by atoms with van der Waals surface area (Å²) in [6, 6.07) is 10.8. The van der Waals surface area contributed by atoms with E-state index in [1.165, 1.54) is 11.1 Å². The third-order valence-corrected chi connectivity index (χ3v) is 6.15. The Balaban J connectivity index is 1.43. The molecule has 0 bridgehead atoms. The smallest absolute Gasteiger partial charge is 0.196 e.